The Balaban J connectivity index is 1.94. The lowest BCUT2D eigenvalue weighted by Crippen LogP contribution is -2.14. The molecule has 6 heteroatoms. The molecule has 0 bridgehead atoms. The molecule has 0 radical (unpaired) electrons. The van der Waals surface area contributed by atoms with Gasteiger partial charge >= 0.3 is 5.97 Å². The Bertz CT molecular complexity index is 679. The molecule has 0 saturated carbocycles. The fourth-order valence-corrected chi connectivity index (χ4v) is 3.63. The van der Waals surface area contributed by atoms with Crippen molar-refractivity contribution in [1.82, 2.24) is 4.98 Å². The van der Waals surface area contributed by atoms with E-state index in [0.29, 0.717) is 29.3 Å². The van der Waals surface area contributed by atoms with Crippen LogP contribution < -0.4 is 0 Å². The molecule has 1 aliphatic carbocycles. The van der Waals surface area contributed by atoms with Crippen molar-refractivity contribution in [2.75, 3.05) is 6.61 Å². The third kappa shape index (κ3) is 2.68. The van der Waals surface area contributed by atoms with Gasteiger partial charge < -0.3 is 4.74 Å². The molecule has 0 N–H and O–H groups in total. The first-order valence-corrected chi connectivity index (χ1v) is 7.53. The Kier molecular flexibility index (Phi) is 3.71. The van der Waals surface area contributed by atoms with E-state index >= 15 is 0 Å². The lowest BCUT2D eigenvalue weighted by molar-refractivity contribution is -0.145. The van der Waals surface area contributed by atoms with Crippen molar-refractivity contribution in [2.45, 2.75) is 25.7 Å². The van der Waals surface area contributed by atoms with Crippen LogP contribution in [0.4, 0.5) is 8.78 Å². The number of hydrogen-bond acceptors (Lipinski definition) is 4. The van der Waals surface area contributed by atoms with Gasteiger partial charge in [0.25, 0.3) is 0 Å². The van der Waals surface area contributed by atoms with Crippen molar-refractivity contribution in [3.63, 3.8) is 0 Å². The Morgan fingerprint density at radius 3 is 2.76 bits per heavy atom. The zero-order valence-electron chi connectivity index (χ0n) is 11.4. The number of benzene rings is 1. The molecular weight excluding hydrogens is 296 g/mol. The van der Waals surface area contributed by atoms with Crippen LogP contribution in [0.2, 0.25) is 0 Å². The normalized spacial score (nSPS) is 16.8. The summed E-state index contributed by atoms with van der Waals surface area (Å²) in [5.74, 6) is -1.91. The van der Waals surface area contributed by atoms with Gasteiger partial charge in [-0.1, -0.05) is 0 Å². The second-order valence-corrected chi connectivity index (χ2v) is 5.91. The number of carbonyl (C=O) groups is 1. The minimum atomic E-state index is -0.637. The molecule has 1 unspecified atom stereocenters. The maximum atomic E-state index is 13.3. The Morgan fingerprint density at radius 1 is 1.38 bits per heavy atom. The molecule has 0 aliphatic heterocycles. The first kappa shape index (κ1) is 14.1. The van der Waals surface area contributed by atoms with E-state index in [1.165, 1.54) is 23.5 Å². The summed E-state index contributed by atoms with van der Waals surface area (Å²) in [4.78, 5) is 17.3. The fourth-order valence-electron chi connectivity index (χ4n) is 2.50. The van der Waals surface area contributed by atoms with Crippen LogP contribution in [0.3, 0.4) is 0 Å². The number of esters is 1. The van der Waals surface area contributed by atoms with Crippen molar-refractivity contribution < 1.29 is 18.3 Å². The number of halogens is 2. The van der Waals surface area contributed by atoms with Gasteiger partial charge in [-0.25, -0.2) is 13.8 Å². The Morgan fingerprint density at radius 2 is 2.10 bits per heavy atom. The maximum Gasteiger partial charge on any atom is 0.315 e. The van der Waals surface area contributed by atoms with Crippen LogP contribution in [0.25, 0.3) is 10.6 Å². The topological polar surface area (TPSA) is 39.2 Å². The van der Waals surface area contributed by atoms with Crippen LogP contribution in [-0.4, -0.2) is 17.6 Å². The number of ether oxygens (including phenoxy) is 1. The number of nitrogens with zero attached hydrogens (tertiary/aromatic N) is 1. The zero-order chi connectivity index (χ0) is 15.0. The highest BCUT2D eigenvalue weighted by atomic mass is 32.1. The minimum absolute atomic E-state index is 0.279. The number of rotatable bonds is 3. The summed E-state index contributed by atoms with van der Waals surface area (Å²) in [5, 5.41) is 0.535. The summed E-state index contributed by atoms with van der Waals surface area (Å²) in [7, 11) is 0. The van der Waals surface area contributed by atoms with E-state index in [2.05, 4.69) is 4.98 Å². The highest BCUT2D eigenvalue weighted by Gasteiger charge is 2.33. The number of fused-ring (bicyclic) bond motifs is 1. The van der Waals surface area contributed by atoms with Crippen molar-refractivity contribution in [3.8, 4) is 10.6 Å². The molecule has 1 heterocycles. The molecule has 2 aromatic rings. The van der Waals surface area contributed by atoms with E-state index in [1.54, 1.807) is 6.92 Å². The molecule has 0 spiro atoms. The van der Waals surface area contributed by atoms with Crippen LogP contribution in [-0.2, 0) is 16.0 Å². The summed E-state index contributed by atoms with van der Waals surface area (Å²) in [5.41, 5.74) is 1.09. The number of aryl methyl sites for hydroxylation is 1. The van der Waals surface area contributed by atoms with Gasteiger partial charge in [0, 0.05) is 16.5 Å². The van der Waals surface area contributed by atoms with Crippen LogP contribution in [0.15, 0.2) is 18.2 Å². The number of carbonyl (C=O) groups excluding carboxylic acids is 1. The molecule has 0 fully saturated rings. The van der Waals surface area contributed by atoms with Gasteiger partial charge in [0.1, 0.15) is 22.6 Å². The van der Waals surface area contributed by atoms with E-state index < -0.39 is 11.6 Å². The van der Waals surface area contributed by atoms with Gasteiger partial charge in [0.15, 0.2) is 0 Å². The van der Waals surface area contributed by atoms with Gasteiger partial charge in [-0.3, -0.25) is 4.79 Å². The fraction of sp³-hybridized carbons (Fsp3) is 0.333. The number of thiazole rings is 1. The van der Waals surface area contributed by atoms with E-state index in [9.17, 15) is 13.6 Å². The smallest absolute Gasteiger partial charge is 0.315 e. The van der Waals surface area contributed by atoms with E-state index in [-0.39, 0.29) is 11.9 Å². The minimum Gasteiger partial charge on any atom is -0.465 e. The lowest BCUT2D eigenvalue weighted by Gasteiger charge is -2.07. The molecule has 0 saturated heterocycles. The average Bonchev–Trinajstić information content (AvgIpc) is 2.96. The predicted molar refractivity (Wildman–Crippen MR) is 75.2 cm³/mol. The molecular formula is C15H13F2NO2S. The van der Waals surface area contributed by atoms with Gasteiger partial charge in [-0.15, -0.1) is 11.3 Å². The molecule has 0 amide bonds. The second kappa shape index (κ2) is 5.52. The molecule has 1 aromatic carbocycles. The van der Waals surface area contributed by atoms with Crippen LogP contribution in [0, 0.1) is 11.6 Å². The molecule has 1 aliphatic rings. The monoisotopic (exact) mass is 309 g/mol. The summed E-state index contributed by atoms with van der Waals surface area (Å²) < 4.78 is 31.6. The molecule has 110 valence electrons. The molecule has 3 rings (SSSR count). The van der Waals surface area contributed by atoms with E-state index in [4.69, 9.17) is 4.74 Å². The van der Waals surface area contributed by atoms with Crippen LogP contribution in [0.5, 0.6) is 0 Å². The van der Waals surface area contributed by atoms with Crippen molar-refractivity contribution in [2.24, 2.45) is 0 Å². The zero-order valence-corrected chi connectivity index (χ0v) is 12.2. The predicted octanol–water partition coefficient (Wildman–Crippen LogP) is 3.68. The number of hydrogen-bond donors (Lipinski definition) is 0. The lowest BCUT2D eigenvalue weighted by atomic mass is 10.1. The van der Waals surface area contributed by atoms with Crippen molar-refractivity contribution >= 4 is 17.3 Å². The van der Waals surface area contributed by atoms with Crippen molar-refractivity contribution in [1.29, 1.82) is 0 Å². The summed E-state index contributed by atoms with van der Waals surface area (Å²) in [6, 6.07) is 3.32. The van der Waals surface area contributed by atoms with Gasteiger partial charge in [0.05, 0.1) is 12.3 Å². The van der Waals surface area contributed by atoms with Gasteiger partial charge in [-0.05, 0) is 31.9 Å². The maximum absolute atomic E-state index is 13.3. The first-order chi connectivity index (χ1) is 10.1. The number of aromatic nitrogens is 1. The summed E-state index contributed by atoms with van der Waals surface area (Å²) in [6.45, 7) is 2.09. The SMILES string of the molecule is CCOC(=O)C1CCc2sc(-c3cc(F)cc(F)c3)nc21. The third-order valence-electron chi connectivity index (χ3n) is 3.40. The van der Waals surface area contributed by atoms with Crippen molar-refractivity contribution in [3.05, 3.63) is 40.4 Å². The highest BCUT2D eigenvalue weighted by molar-refractivity contribution is 7.15. The van der Waals surface area contributed by atoms with E-state index in [1.807, 2.05) is 0 Å². The average molecular weight is 309 g/mol. The van der Waals surface area contributed by atoms with Gasteiger partial charge in [0.2, 0.25) is 0 Å². The largest absolute Gasteiger partial charge is 0.465 e. The first-order valence-electron chi connectivity index (χ1n) is 6.71. The highest BCUT2D eigenvalue weighted by Crippen LogP contribution is 2.40. The molecule has 21 heavy (non-hydrogen) atoms. The Hall–Kier alpha value is -1.82. The summed E-state index contributed by atoms with van der Waals surface area (Å²) >= 11 is 1.38. The third-order valence-corrected chi connectivity index (χ3v) is 4.58. The molecule has 1 atom stereocenters. The van der Waals surface area contributed by atoms with E-state index in [0.717, 1.165) is 17.4 Å². The second-order valence-electron chi connectivity index (χ2n) is 4.83. The molecule has 1 aromatic heterocycles. The van der Waals surface area contributed by atoms with Gasteiger partial charge in [-0.2, -0.15) is 0 Å². The Labute approximate surface area is 124 Å². The quantitative estimate of drug-likeness (QED) is 0.812. The summed E-state index contributed by atoms with van der Waals surface area (Å²) in [6.07, 6.45) is 1.43. The van der Waals surface area contributed by atoms with Crippen LogP contribution in [0.1, 0.15) is 29.8 Å². The van der Waals surface area contributed by atoms with Crippen LogP contribution >= 0.6 is 11.3 Å². The molecule has 3 nitrogen and oxygen atoms in total. The standard InChI is InChI=1S/C15H13F2NO2S/c1-2-20-15(19)11-3-4-12-13(11)18-14(21-12)8-5-9(16)7-10(17)6-8/h5-7,11H,2-4H2,1H3.